The van der Waals surface area contributed by atoms with Crippen LogP contribution in [0.4, 0.5) is 0 Å². The molecule has 2 aromatic heterocycles. The minimum Gasteiger partial charge on any atom is -0.348 e. The van der Waals surface area contributed by atoms with E-state index < -0.39 is 0 Å². The van der Waals surface area contributed by atoms with E-state index in [1.807, 2.05) is 0 Å². The van der Waals surface area contributed by atoms with Crippen LogP contribution in [0.1, 0.15) is 56.3 Å². The molecule has 2 heterocycles. The van der Waals surface area contributed by atoms with E-state index in [-0.39, 0.29) is 0 Å². The molecule has 21 heavy (non-hydrogen) atoms. The lowest BCUT2D eigenvalue weighted by molar-refractivity contribution is 0.328. The molecule has 1 aliphatic rings. The summed E-state index contributed by atoms with van der Waals surface area (Å²) in [5.41, 5.74) is 2.50. The fraction of sp³-hybridized carbons (Fsp3) is 0.588. The molecule has 0 unspecified atom stereocenters. The van der Waals surface area contributed by atoms with Crippen LogP contribution in [-0.4, -0.2) is 20.9 Å². The molecule has 0 aromatic carbocycles. The molecule has 0 amide bonds. The molecular weight excluding hydrogens is 260 g/mol. The van der Waals surface area contributed by atoms with Crippen LogP contribution < -0.4 is 5.32 Å². The van der Waals surface area contributed by atoms with Crippen molar-refractivity contribution in [1.82, 2.24) is 19.7 Å². The summed E-state index contributed by atoms with van der Waals surface area (Å²) in [4.78, 5) is 0. The van der Waals surface area contributed by atoms with Gasteiger partial charge in [-0.25, -0.2) is 0 Å². The van der Waals surface area contributed by atoms with E-state index in [0.717, 1.165) is 25.3 Å². The second kappa shape index (κ2) is 6.94. The van der Waals surface area contributed by atoms with Gasteiger partial charge in [0.15, 0.2) is 0 Å². The highest BCUT2D eigenvalue weighted by molar-refractivity contribution is 5.12. The van der Waals surface area contributed by atoms with E-state index in [1.165, 1.54) is 37.7 Å². The number of nitrogens with zero attached hydrogens (tertiary/aromatic N) is 3. The van der Waals surface area contributed by atoms with E-state index in [9.17, 15) is 0 Å². The summed E-state index contributed by atoms with van der Waals surface area (Å²) in [6.45, 7) is 4.96. The highest BCUT2D eigenvalue weighted by atomic mass is 15.3. The maximum absolute atomic E-state index is 4.78. The molecule has 0 saturated heterocycles. The monoisotopic (exact) mass is 286 g/mol. The molecule has 0 bridgehead atoms. The zero-order valence-corrected chi connectivity index (χ0v) is 13.0. The normalized spacial score (nSPS) is 16.4. The largest absolute Gasteiger partial charge is 0.348 e. The first-order chi connectivity index (χ1) is 10.3. The molecule has 2 aromatic rings. The molecule has 0 spiro atoms. The third-order valence-electron chi connectivity index (χ3n) is 4.35. The van der Waals surface area contributed by atoms with Gasteiger partial charge in [0.05, 0.1) is 18.3 Å². The summed E-state index contributed by atoms with van der Waals surface area (Å²) >= 11 is 0. The summed E-state index contributed by atoms with van der Waals surface area (Å²) in [7, 11) is 0. The average molecular weight is 286 g/mol. The summed E-state index contributed by atoms with van der Waals surface area (Å²) in [5.74, 6) is 0. The lowest BCUT2D eigenvalue weighted by Crippen LogP contribution is -2.13. The smallest absolute Gasteiger partial charge is 0.0821 e. The zero-order valence-electron chi connectivity index (χ0n) is 13.0. The Balaban J connectivity index is 1.59. The quantitative estimate of drug-likeness (QED) is 0.884. The lowest BCUT2D eigenvalue weighted by Gasteiger charge is -2.21. The van der Waals surface area contributed by atoms with Gasteiger partial charge in [-0.2, -0.15) is 5.10 Å². The van der Waals surface area contributed by atoms with Gasteiger partial charge in [0.1, 0.15) is 0 Å². The second-order valence-electron chi connectivity index (χ2n) is 6.05. The van der Waals surface area contributed by atoms with Crippen LogP contribution in [-0.2, 0) is 13.1 Å². The lowest BCUT2D eigenvalue weighted by atomic mass is 9.96. The maximum atomic E-state index is 4.78. The third kappa shape index (κ3) is 3.76. The van der Waals surface area contributed by atoms with Gasteiger partial charge in [-0.3, -0.25) is 4.68 Å². The van der Waals surface area contributed by atoms with Crippen LogP contribution in [0, 0.1) is 0 Å². The van der Waals surface area contributed by atoms with Gasteiger partial charge in [0.25, 0.3) is 0 Å². The van der Waals surface area contributed by atoms with E-state index in [2.05, 4.69) is 52.2 Å². The fourth-order valence-electron chi connectivity index (χ4n) is 3.16. The van der Waals surface area contributed by atoms with Crippen LogP contribution in [0.3, 0.4) is 0 Å². The number of nitrogens with one attached hydrogen (secondary N) is 1. The predicted molar refractivity (Wildman–Crippen MR) is 85.3 cm³/mol. The van der Waals surface area contributed by atoms with E-state index in [1.54, 1.807) is 0 Å². The Labute approximate surface area is 127 Å². The molecule has 1 aliphatic carbocycles. The first-order valence-corrected chi connectivity index (χ1v) is 8.24. The molecule has 1 fully saturated rings. The Hall–Kier alpha value is -1.55. The third-order valence-corrected chi connectivity index (χ3v) is 4.35. The zero-order chi connectivity index (χ0) is 14.5. The van der Waals surface area contributed by atoms with Crippen molar-refractivity contribution in [2.75, 3.05) is 6.54 Å². The van der Waals surface area contributed by atoms with Crippen LogP contribution in [0.5, 0.6) is 0 Å². The number of aromatic nitrogens is 3. The average Bonchev–Trinajstić information content (AvgIpc) is 3.16. The molecule has 1 N–H and O–H groups in total. The van der Waals surface area contributed by atoms with Gasteiger partial charge in [-0.05, 0) is 37.1 Å². The van der Waals surface area contributed by atoms with E-state index in [4.69, 9.17) is 5.10 Å². The van der Waals surface area contributed by atoms with Crippen molar-refractivity contribution < 1.29 is 0 Å². The minimum absolute atomic E-state index is 0.626. The molecule has 4 heteroatoms. The molecule has 1 saturated carbocycles. The van der Waals surface area contributed by atoms with Crippen LogP contribution >= 0.6 is 0 Å². The SMILES string of the molecule is CCNCc1ccn(Cc2ccn(C3CCCCC3)n2)c1. The minimum atomic E-state index is 0.626. The predicted octanol–water partition coefficient (Wildman–Crippen LogP) is 3.35. The van der Waals surface area contributed by atoms with Crippen molar-refractivity contribution in [1.29, 1.82) is 0 Å². The van der Waals surface area contributed by atoms with E-state index >= 15 is 0 Å². The molecule has 3 rings (SSSR count). The van der Waals surface area contributed by atoms with E-state index in [0.29, 0.717) is 6.04 Å². The topological polar surface area (TPSA) is 34.8 Å². The Morgan fingerprint density at radius 1 is 1.19 bits per heavy atom. The Morgan fingerprint density at radius 3 is 2.86 bits per heavy atom. The first kappa shape index (κ1) is 14.4. The first-order valence-electron chi connectivity index (χ1n) is 8.24. The molecular formula is C17H26N4. The molecule has 4 nitrogen and oxygen atoms in total. The summed E-state index contributed by atoms with van der Waals surface area (Å²) in [6, 6.07) is 4.97. The highest BCUT2D eigenvalue weighted by Gasteiger charge is 2.15. The Morgan fingerprint density at radius 2 is 2.05 bits per heavy atom. The van der Waals surface area contributed by atoms with Crippen molar-refractivity contribution in [3.05, 3.63) is 42.0 Å². The van der Waals surface area contributed by atoms with Gasteiger partial charge in [-0.1, -0.05) is 26.2 Å². The summed E-state index contributed by atoms with van der Waals surface area (Å²) in [6.07, 6.45) is 13.2. The molecule has 0 aliphatic heterocycles. The molecule has 114 valence electrons. The van der Waals surface area contributed by atoms with Gasteiger partial charge >= 0.3 is 0 Å². The van der Waals surface area contributed by atoms with Crippen LogP contribution in [0.2, 0.25) is 0 Å². The summed E-state index contributed by atoms with van der Waals surface area (Å²) < 4.78 is 4.41. The Bertz CT molecular complexity index is 549. The van der Waals surface area contributed by atoms with Gasteiger partial charge in [0, 0.05) is 25.1 Å². The van der Waals surface area contributed by atoms with Gasteiger partial charge < -0.3 is 9.88 Å². The standard InChI is InChI=1S/C17H26N4/c1-2-18-12-15-8-10-20(13-15)14-16-9-11-21(19-16)17-6-4-3-5-7-17/h8-11,13,17-18H,2-7,12,14H2,1H3. The van der Waals surface area contributed by atoms with Crippen molar-refractivity contribution in [2.45, 2.75) is 58.2 Å². The summed E-state index contributed by atoms with van der Waals surface area (Å²) in [5, 5.41) is 8.14. The van der Waals surface area contributed by atoms with Crippen molar-refractivity contribution in [3.8, 4) is 0 Å². The Kier molecular flexibility index (Phi) is 4.76. The van der Waals surface area contributed by atoms with Crippen molar-refractivity contribution >= 4 is 0 Å². The molecule has 0 atom stereocenters. The number of hydrogen-bond donors (Lipinski definition) is 1. The van der Waals surface area contributed by atoms with Gasteiger partial charge in [0.2, 0.25) is 0 Å². The van der Waals surface area contributed by atoms with Crippen molar-refractivity contribution in [2.24, 2.45) is 0 Å². The van der Waals surface area contributed by atoms with Crippen LogP contribution in [0.15, 0.2) is 30.7 Å². The maximum Gasteiger partial charge on any atom is 0.0821 e. The van der Waals surface area contributed by atoms with Gasteiger partial charge in [-0.15, -0.1) is 0 Å². The number of hydrogen-bond acceptors (Lipinski definition) is 2. The second-order valence-corrected chi connectivity index (χ2v) is 6.05. The number of rotatable bonds is 6. The van der Waals surface area contributed by atoms with Crippen molar-refractivity contribution in [3.63, 3.8) is 0 Å². The molecule has 0 radical (unpaired) electrons. The van der Waals surface area contributed by atoms with Crippen LogP contribution in [0.25, 0.3) is 0 Å². The highest BCUT2D eigenvalue weighted by Crippen LogP contribution is 2.27. The fourth-order valence-corrected chi connectivity index (χ4v) is 3.16.